The normalized spacial score (nSPS) is 16.1. The molecule has 2 atom stereocenters. The van der Waals surface area contributed by atoms with Crippen LogP contribution in [0.25, 0.3) is 0 Å². The minimum atomic E-state index is -2.42. The molecule has 0 spiro atoms. The van der Waals surface area contributed by atoms with Crippen molar-refractivity contribution in [2.45, 2.75) is 38.8 Å². The molecule has 0 bridgehead atoms. The predicted octanol–water partition coefficient (Wildman–Crippen LogP) is 0.493. The molecule has 0 aliphatic carbocycles. The number of alkyl halides is 2. The number of carbonyl (C=O) groups excluding carboxylic acids is 1. The van der Waals surface area contributed by atoms with Gasteiger partial charge in [-0.25, -0.2) is 8.78 Å². The number of primary amides is 1. The predicted molar refractivity (Wildman–Crippen MR) is 41.9 cm³/mol. The summed E-state index contributed by atoms with van der Waals surface area (Å²) in [6.07, 6.45) is -2.34. The van der Waals surface area contributed by atoms with Crippen molar-refractivity contribution in [1.29, 1.82) is 0 Å². The first-order valence-electron chi connectivity index (χ1n) is 3.76. The molecule has 0 aromatic carbocycles. The number of nitrogens with one attached hydrogen (secondary N) is 1. The maximum absolute atomic E-state index is 11.9. The van der Waals surface area contributed by atoms with Crippen LogP contribution in [0.2, 0.25) is 0 Å². The molecule has 0 saturated carbocycles. The minimum Gasteiger partial charge on any atom is -0.370 e. The molecule has 0 aromatic heterocycles. The Kier molecular flexibility index (Phi) is 4.73. The van der Waals surface area contributed by atoms with E-state index in [-0.39, 0.29) is 12.5 Å². The lowest BCUT2D eigenvalue weighted by Gasteiger charge is -2.17. The van der Waals surface area contributed by atoms with E-state index in [0.29, 0.717) is 0 Å². The Hall–Kier alpha value is -0.710. The lowest BCUT2D eigenvalue weighted by molar-refractivity contribution is -0.118. The molecule has 0 aliphatic rings. The van der Waals surface area contributed by atoms with Gasteiger partial charge in [-0.15, -0.1) is 0 Å². The molecule has 0 aliphatic heterocycles. The van der Waals surface area contributed by atoms with Crippen molar-refractivity contribution < 1.29 is 13.6 Å². The number of rotatable bonds is 5. The van der Waals surface area contributed by atoms with Gasteiger partial charge in [0.15, 0.2) is 0 Å². The van der Waals surface area contributed by atoms with E-state index in [4.69, 9.17) is 5.73 Å². The van der Waals surface area contributed by atoms with E-state index in [0.717, 1.165) is 0 Å². The SMILES string of the molecule is CC(CC(N)=O)NC(C)C(F)F. The molecule has 5 heteroatoms. The molecule has 0 fully saturated rings. The standard InChI is InChI=1S/C7H14F2N2O/c1-4(3-6(10)12)11-5(2)7(8)9/h4-5,7,11H,3H2,1-2H3,(H2,10,12). The Morgan fingerprint density at radius 2 is 2.00 bits per heavy atom. The van der Waals surface area contributed by atoms with Gasteiger partial charge in [0.2, 0.25) is 5.91 Å². The summed E-state index contributed by atoms with van der Waals surface area (Å²) in [5.74, 6) is -0.489. The Labute approximate surface area is 70.3 Å². The molecule has 0 aromatic rings. The van der Waals surface area contributed by atoms with Crippen LogP contribution in [0.3, 0.4) is 0 Å². The van der Waals surface area contributed by atoms with Crippen molar-refractivity contribution >= 4 is 5.91 Å². The number of carbonyl (C=O) groups is 1. The molecule has 12 heavy (non-hydrogen) atoms. The first kappa shape index (κ1) is 11.3. The van der Waals surface area contributed by atoms with Gasteiger partial charge in [0.1, 0.15) is 0 Å². The summed E-state index contributed by atoms with van der Waals surface area (Å²) in [6.45, 7) is 3.01. The van der Waals surface area contributed by atoms with Gasteiger partial charge in [0.05, 0.1) is 6.04 Å². The quantitative estimate of drug-likeness (QED) is 0.647. The highest BCUT2D eigenvalue weighted by molar-refractivity contribution is 5.74. The number of nitrogens with two attached hydrogens (primary N) is 1. The fourth-order valence-electron chi connectivity index (χ4n) is 0.882. The van der Waals surface area contributed by atoms with E-state index in [1.807, 2.05) is 0 Å². The molecule has 1 amide bonds. The van der Waals surface area contributed by atoms with Crippen LogP contribution in [0.1, 0.15) is 20.3 Å². The van der Waals surface area contributed by atoms with Crippen molar-refractivity contribution in [3.8, 4) is 0 Å². The van der Waals surface area contributed by atoms with E-state index in [9.17, 15) is 13.6 Å². The molecule has 0 rings (SSSR count). The summed E-state index contributed by atoms with van der Waals surface area (Å²) < 4.78 is 23.9. The summed E-state index contributed by atoms with van der Waals surface area (Å²) in [7, 11) is 0. The summed E-state index contributed by atoms with van der Waals surface area (Å²) >= 11 is 0. The summed E-state index contributed by atoms with van der Waals surface area (Å²) in [5, 5.41) is 2.56. The van der Waals surface area contributed by atoms with Crippen LogP contribution in [0, 0.1) is 0 Å². The van der Waals surface area contributed by atoms with Crippen molar-refractivity contribution in [3.05, 3.63) is 0 Å². The molecule has 0 heterocycles. The Bertz CT molecular complexity index is 152. The third kappa shape index (κ3) is 5.01. The van der Waals surface area contributed by atoms with Gasteiger partial charge < -0.3 is 11.1 Å². The average molecular weight is 180 g/mol. The molecular weight excluding hydrogens is 166 g/mol. The highest BCUT2D eigenvalue weighted by Crippen LogP contribution is 2.01. The van der Waals surface area contributed by atoms with Gasteiger partial charge in [0, 0.05) is 12.5 Å². The first-order valence-corrected chi connectivity index (χ1v) is 3.76. The largest absolute Gasteiger partial charge is 0.370 e. The molecule has 2 unspecified atom stereocenters. The maximum atomic E-state index is 11.9. The van der Waals surface area contributed by atoms with Gasteiger partial charge >= 0.3 is 0 Å². The van der Waals surface area contributed by atoms with Crippen LogP contribution < -0.4 is 11.1 Å². The molecule has 0 radical (unpaired) electrons. The van der Waals surface area contributed by atoms with Crippen LogP contribution in [-0.4, -0.2) is 24.4 Å². The topological polar surface area (TPSA) is 55.1 Å². The van der Waals surface area contributed by atoms with Crippen LogP contribution >= 0.6 is 0 Å². The van der Waals surface area contributed by atoms with E-state index in [1.54, 1.807) is 6.92 Å². The number of amides is 1. The van der Waals surface area contributed by atoms with E-state index >= 15 is 0 Å². The average Bonchev–Trinajstić information content (AvgIpc) is 1.84. The zero-order chi connectivity index (χ0) is 9.72. The third-order valence-corrected chi connectivity index (χ3v) is 1.43. The van der Waals surface area contributed by atoms with Gasteiger partial charge in [-0.1, -0.05) is 0 Å². The molecule has 0 saturated heterocycles. The lowest BCUT2D eigenvalue weighted by Crippen LogP contribution is -2.40. The van der Waals surface area contributed by atoms with Crippen LogP contribution in [0.5, 0.6) is 0 Å². The van der Waals surface area contributed by atoms with E-state index in [2.05, 4.69) is 5.32 Å². The number of hydrogen-bond acceptors (Lipinski definition) is 2. The van der Waals surface area contributed by atoms with Gasteiger partial charge in [-0.2, -0.15) is 0 Å². The minimum absolute atomic E-state index is 0.0804. The van der Waals surface area contributed by atoms with Gasteiger partial charge in [-0.3, -0.25) is 4.79 Å². The van der Waals surface area contributed by atoms with Crippen LogP contribution in [-0.2, 0) is 4.79 Å². The third-order valence-electron chi connectivity index (χ3n) is 1.43. The van der Waals surface area contributed by atoms with Crippen molar-refractivity contribution in [3.63, 3.8) is 0 Å². The number of halogens is 2. The monoisotopic (exact) mass is 180 g/mol. The highest BCUT2D eigenvalue weighted by atomic mass is 19.3. The van der Waals surface area contributed by atoms with E-state index < -0.39 is 18.4 Å². The van der Waals surface area contributed by atoms with Crippen LogP contribution in [0.4, 0.5) is 8.78 Å². The molecule has 3 nitrogen and oxygen atoms in total. The van der Waals surface area contributed by atoms with Crippen molar-refractivity contribution in [1.82, 2.24) is 5.32 Å². The van der Waals surface area contributed by atoms with Gasteiger partial charge in [-0.05, 0) is 13.8 Å². The fraction of sp³-hybridized carbons (Fsp3) is 0.857. The van der Waals surface area contributed by atoms with Crippen molar-refractivity contribution in [2.24, 2.45) is 5.73 Å². The first-order chi connectivity index (χ1) is 5.43. The fourth-order valence-corrected chi connectivity index (χ4v) is 0.882. The summed E-state index contributed by atoms with van der Waals surface area (Å²) in [6, 6.07) is -1.20. The summed E-state index contributed by atoms with van der Waals surface area (Å²) in [4.78, 5) is 10.4. The molecule has 72 valence electrons. The highest BCUT2D eigenvalue weighted by Gasteiger charge is 2.17. The van der Waals surface area contributed by atoms with Crippen LogP contribution in [0.15, 0.2) is 0 Å². The smallest absolute Gasteiger partial charge is 0.253 e. The lowest BCUT2D eigenvalue weighted by atomic mass is 10.2. The second kappa shape index (κ2) is 5.03. The van der Waals surface area contributed by atoms with Gasteiger partial charge in [0.25, 0.3) is 6.43 Å². The maximum Gasteiger partial charge on any atom is 0.253 e. The van der Waals surface area contributed by atoms with Crippen molar-refractivity contribution in [2.75, 3.05) is 0 Å². The zero-order valence-electron chi connectivity index (χ0n) is 7.18. The Morgan fingerprint density at radius 3 is 2.33 bits per heavy atom. The summed E-state index contributed by atoms with van der Waals surface area (Å²) in [5.41, 5.74) is 4.88. The second-order valence-corrected chi connectivity index (χ2v) is 2.86. The molecular formula is C7H14F2N2O. The Morgan fingerprint density at radius 1 is 1.50 bits per heavy atom. The van der Waals surface area contributed by atoms with E-state index in [1.165, 1.54) is 6.92 Å². The molecule has 3 N–H and O–H groups in total. The second-order valence-electron chi connectivity index (χ2n) is 2.86. The number of hydrogen-bond donors (Lipinski definition) is 2. The Balaban J connectivity index is 3.68. The zero-order valence-corrected chi connectivity index (χ0v) is 7.18.